The molecule has 0 saturated carbocycles. The Bertz CT molecular complexity index is 1570. The summed E-state index contributed by atoms with van der Waals surface area (Å²) < 4.78 is 4.69. The van der Waals surface area contributed by atoms with Crippen LogP contribution in [0.3, 0.4) is 0 Å². The number of thiazole rings is 1. The monoisotopic (exact) mass is 592 g/mol. The van der Waals surface area contributed by atoms with Crippen molar-refractivity contribution in [1.29, 1.82) is 10.5 Å². The van der Waals surface area contributed by atoms with Crippen LogP contribution in [0.2, 0.25) is 0 Å². The largest absolute Gasteiger partial charge is 0.364 e. The van der Waals surface area contributed by atoms with E-state index < -0.39 is 5.91 Å². The van der Waals surface area contributed by atoms with E-state index in [1.165, 1.54) is 29.8 Å². The third-order valence-corrected chi connectivity index (χ3v) is 6.92. The molecule has 2 amide bonds. The number of nitriles is 2. The SMILES string of the molecule is CCC(NC(=O)/C(C#N)=C/c1nccs1)c1ccccc1.CCCC(NC(=O)/C(C#N)=C/c1ccon1)c1ccccc1. The first-order valence-corrected chi connectivity index (χ1v) is 14.6. The molecule has 4 aromatic rings. The van der Waals surface area contributed by atoms with Crippen LogP contribution >= 0.6 is 11.3 Å². The molecule has 0 radical (unpaired) electrons. The first kappa shape index (κ1) is 32.2. The molecule has 4 rings (SSSR count). The minimum Gasteiger partial charge on any atom is -0.364 e. The Kier molecular flexibility index (Phi) is 13.1. The lowest BCUT2D eigenvalue weighted by atomic mass is 10.0. The van der Waals surface area contributed by atoms with Gasteiger partial charge in [-0.05, 0) is 36.1 Å². The molecule has 0 fully saturated rings. The van der Waals surface area contributed by atoms with Gasteiger partial charge in [0.1, 0.15) is 40.2 Å². The lowest BCUT2D eigenvalue weighted by Crippen LogP contribution is -2.29. The topological polar surface area (TPSA) is 145 Å². The summed E-state index contributed by atoms with van der Waals surface area (Å²) >= 11 is 1.39. The summed E-state index contributed by atoms with van der Waals surface area (Å²) in [4.78, 5) is 28.6. The summed E-state index contributed by atoms with van der Waals surface area (Å²) in [6.45, 7) is 4.05. The zero-order valence-electron chi connectivity index (χ0n) is 23.9. The first-order valence-electron chi connectivity index (χ1n) is 13.7. The summed E-state index contributed by atoms with van der Waals surface area (Å²) in [6, 6.07) is 24.7. The van der Waals surface area contributed by atoms with Gasteiger partial charge in [-0.1, -0.05) is 86.1 Å². The van der Waals surface area contributed by atoms with Gasteiger partial charge >= 0.3 is 0 Å². The van der Waals surface area contributed by atoms with Crippen molar-refractivity contribution in [2.75, 3.05) is 0 Å². The van der Waals surface area contributed by atoms with Crippen molar-refractivity contribution in [2.24, 2.45) is 0 Å². The third kappa shape index (κ3) is 10.2. The van der Waals surface area contributed by atoms with Crippen molar-refractivity contribution in [2.45, 2.75) is 45.2 Å². The van der Waals surface area contributed by atoms with E-state index in [1.54, 1.807) is 17.6 Å². The van der Waals surface area contributed by atoms with Crippen molar-refractivity contribution < 1.29 is 14.1 Å². The van der Waals surface area contributed by atoms with Gasteiger partial charge in [-0.3, -0.25) is 9.59 Å². The van der Waals surface area contributed by atoms with E-state index in [4.69, 9.17) is 9.78 Å². The molecule has 2 heterocycles. The number of rotatable bonds is 11. The third-order valence-electron chi connectivity index (χ3n) is 6.20. The second-order valence-corrected chi connectivity index (χ2v) is 10.1. The van der Waals surface area contributed by atoms with Gasteiger partial charge in [0, 0.05) is 17.6 Å². The highest BCUT2D eigenvalue weighted by atomic mass is 32.1. The fourth-order valence-corrected chi connectivity index (χ4v) is 4.61. The van der Waals surface area contributed by atoms with Crippen LogP contribution in [-0.2, 0) is 9.59 Å². The Labute approximate surface area is 255 Å². The Morgan fingerprint density at radius 3 is 1.95 bits per heavy atom. The molecule has 0 spiro atoms. The molecule has 43 heavy (non-hydrogen) atoms. The van der Waals surface area contributed by atoms with E-state index in [-0.39, 0.29) is 29.1 Å². The minimum atomic E-state index is -0.409. The van der Waals surface area contributed by atoms with Crippen LogP contribution in [0.1, 0.15) is 67.0 Å². The predicted molar refractivity (Wildman–Crippen MR) is 166 cm³/mol. The number of carbonyl (C=O) groups is 2. The predicted octanol–water partition coefficient (Wildman–Crippen LogP) is 6.56. The summed E-state index contributed by atoms with van der Waals surface area (Å²) in [6.07, 6.45) is 8.44. The van der Waals surface area contributed by atoms with Gasteiger partial charge in [0.15, 0.2) is 0 Å². The molecule has 0 bridgehead atoms. The van der Waals surface area contributed by atoms with Gasteiger partial charge in [0.05, 0.1) is 12.1 Å². The number of hydrogen-bond donors (Lipinski definition) is 2. The lowest BCUT2D eigenvalue weighted by molar-refractivity contribution is -0.118. The maximum Gasteiger partial charge on any atom is 0.262 e. The highest BCUT2D eigenvalue weighted by molar-refractivity contribution is 7.10. The smallest absolute Gasteiger partial charge is 0.262 e. The van der Waals surface area contributed by atoms with E-state index in [0.717, 1.165) is 30.4 Å². The van der Waals surface area contributed by atoms with Gasteiger partial charge in [-0.2, -0.15) is 10.5 Å². The maximum absolute atomic E-state index is 12.3. The quantitative estimate of drug-likeness (QED) is 0.148. The molecule has 9 nitrogen and oxygen atoms in total. The Balaban J connectivity index is 0.000000236. The van der Waals surface area contributed by atoms with Crippen LogP contribution in [0.15, 0.2) is 100 Å². The van der Waals surface area contributed by atoms with Crippen molar-refractivity contribution in [3.8, 4) is 12.1 Å². The second kappa shape index (κ2) is 17.5. The van der Waals surface area contributed by atoms with Gasteiger partial charge < -0.3 is 15.2 Å². The van der Waals surface area contributed by atoms with Crippen LogP contribution in [0.5, 0.6) is 0 Å². The molecule has 10 heteroatoms. The van der Waals surface area contributed by atoms with E-state index in [2.05, 4.69) is 27.7 Å². The summed E-state index contributed by atoms with van der Waals surface area (Å²) in [5.74, 6) is -0.781. The van der Waals surface area contributed by atoms with Crippen molar-refractivity contribution in [3.63, 3.8) is 0 Å². The Morgan fingerprint density at radius 2 is 1.47 bits per heavy atom. The number of benzene rings is 2. The summed E-state index contributed by atoms with van der Waals surface area (Å²) in [7, 11) is 0. The van der Waals surface area contributed by atoms with E-state index in [1.807, 2.05) is 79.7 Å². The molecule has 0 aliphatic heterocycles. The van der Waals surface area contributed by atoms with Crippen LogP contribution < -0.4 is 10.6 Å². The molecule has 2 unspecified atom stereocenters. The number of hydrogen-bond acceptors (Lipinski definition) is 8. The standard InChI is InChI=1S/C17H17N3O2.C16H15N3OS/c1-2-6-16(13-7-4-3-5-8-13)19-17(21)14(12-18)11-15-9-10-22-20-15;1-2-14(12-6-4-3-5-7-12)19-16(20)13(11-17)10-15-18-8-9-21-15/h3-5,7-11,16H,2,6H2,1H3,(H,19,21);3-10,14H,2H2,1H3,(H,19,20)/b14-11+;13-10+. The number of carbonyl (C=O) groups excluding carboxylic acids is 2. The van der Waals surface area contributed by atoms with Crippen LogP contribution in [0.4, 0.5) is 0 Å². The van der Waals surface area contributed by atoms with Crippen LogP contribution in [0, 0.1) is 22.7 Å². The molecule has 2 N–H and O–H groups in total. The average Bonchev–Trinajstić information content (AvgIpc) is 3.77. The average molecular weight is 593 g/mol. The highest BCUT2D eigenvalue weighted by Crippen LogP contribution is 2.19. The van der Waals surface area contributed by atoms with Crippen molar-refractivity contribution >= 4 is 35.3 Å². The molecular weight excluding hydrogens is 560 g/mol. The summed E-state index contributed by atoms with van der Waals surface area (Å²) in [5, 5.41) is 30.3. The molecular formula is C33H32N6O3S. The van der Waals surface area contributed by atoms with Crippen molar-refractivity contribution in [3.05, 3.63) is 118 Å². The highest BCUT2D eigenvalue weighted by Gasteiger charge is 2.18. The van der Waals surface area contributed by atoms with E-state index in [0.29, 0.717) is 10.7 Å². The molecule has 0 saturated heterocycles. The molecule has 0 aliphatic carbocycles. The fourth-order valence-electron chi connectivity index (χ4n) is 4.05. The lowest BCUT2D eigenvalue weighted by Gasteiger charge is -2.18. The van der Waals surface area contributed by atoms with E-state index >= 15 is 0 Å². The number of aromatic nitrogens is 2. The van der Waals surface area contributed by atoms with Crippen LogP contribution in [0.25, 0.3) is 12.2 Å². The zero-order valence-corrected chi connectivity index (χ0v) is 24.8. The van der Waals surface area contributed by atoms with Crippen molar-refractivity contribution in [1.82, 2.24) is 20.8 Å². The fraction of sp³-hybridized carbons (Fsp3) is 0.212. The maximum atomic E-state index is 12.3. The molecule has 2 atom stereocenters. The number of amides is 2. The van der Waals surface area contributed by atoms with Crippen LogP contribution in [-0.4, -0.2) is 22.0 Å². The molecule has 2 aromatic heterocycles. The molecule has 2 aromatic carbocycles. The molecule has 0 aliphatic rings. The molecule has 218 valence electrons. The normalized spacial score (nSPS) is 12.5. The van der Waals surface area contributed by atoms with Gasteiger partial charge in [0.25, 0.3) is 11.8 Å². The summed E-state index contributed by atoms with van der Waals surface area (Å²) in [5.41, 5.74) is 2.57. The van der Waals surface area contributed by atoms with Gasteiger partial charge in [-0.25, -0.2) is 4.98 Å². The van der Waals surface area contributed by atoms with E-state index in [9.17, 15) is 14.9 Å². The second-order valence-electron chi connectivity index (χ2n) is 9.20. The first-order chi connectivity index (χ1) is 21.0. The van der Waals surface area contributed by atoms with Gasteiger partial charge in [0.2, 0.25) is 0 Å². The zero-order chi connectivity index (χ0) is 30.9. The minimum absolute atomic E-state index is 0.00549. The Hall–Kier alpha value is -5.32. The number of nitrogens with one attached hydrogen (secondary N) is 2. The Morgan fingerprint density at radius 1 is 0.884 bits per heavy atom. The van der Waals surface area contributed by atoms with Gasteiger partial charge in [-0.15, -0.1) is 11.3 Å². The number of nitrogens with zero attached hydrogens (tertiary/aromatic N) is 4.